The van der Waals surface area contributed by atoms with Crippen molar-refractivity contribution in [1.82, 2.24) is 25.4 Å². The summed E-state index contributed by atoms with van der Waals surface area (Å²) in [5.74, 6) is -4.15. The Balaban J connectivity index is 1.40. The van der Waals surface area contributed by atoms with Crippen LogP contribution in [0, 0.1) is 5.41 Å². The van der Waals surface area contributed by atoms with Crippen LogP contribution in [0.4, 0.5) is 0 Å². The van der Waals surface area contributed by atoms with Gasteiger partial charge in [-0.25, -0.2) is 14.6 Å². The van der Waals surface area contributed by atoms with Crippen molar-refractivity contribution in [1.29, 1.82) is 0 Å². The van der Waals surface area contributed by atoms with Crippen molar-refractivity contribution in [3.8, 4) is 0 Å². The fraction of sp³-hybridized carbons (Fsp3) is 0.515. The van der Waals surface area contributed by atoms with Crippen LogP contribution < -0.4 is 10.6 Å². The highest BCUT2D eigenvalue weighted by Crippen LogP contribution is 2.45. The summed E-state index contributed by atoms with van der Waals surface area (Å²) in [5.41, 5.74) is 0.509. The molecule has 3 aliphatic rings. The molecule has 1 saturated carbocycles. The van der Waals surface area contributed by atoms with Gasteiger partial charge in [0.15, 0.2) is 0 Å². The molecule has 0 bridgehead atoms. The number of nitrogens with zero attached hydrogens (tertiary/aromatic N) is 3. The molecule has 1 aliphatic carbocycles. The highest BCUT2D eigenvalue weighted by Gasteiger charge is 2.41. The van der Waals surface area contributed by atoms with Crippen LogP contribution in [0.1, 0.15) is 61.9 Å². The zero-order valence-corrected chi connectivity index (χ0v) is 28.3. The Hall–Kier alpha value is -2.96. The number of aliphatic carboxylic acids is 2. The van der Waals surface area contributed by atoms with E-state index in [0.29, 0.717) is 25.2 Å². The number of piperazine rings is 1. The molecule has 1 aromatic carbocycles. The Morgan fingerprint density at radius 1 is 1.02 bits per heavy atom. The van der Waals surface area contributed by atoms with Gasteiger partial charge in [-0.05, 0) is 43.4 Å². The van der Waals surface area contributed by atoms with Crippen LogP contribution in [0.3, 0.4) is 0 Å². The first-order valence-corrected chi connectivity index (χ1v) is 17.5. The number of dihydropyridines is 1. The quantitative estimate of drug-likeness (QED) is 0.225. The number of benzene rings is 1. The van der Waals surface area contributed by atoms with Crippen molar-refractivity contribution in [3.63, 3.8) is 0 Å². The number of carboxylic acid groups (broad SMARTS) is 2. The molecule has 46 heavy (non-hydrogen) atoms. The number of carbonyl (C=O) groups excluding carboxylic acids is 1. The largest absolute Gasteiger partial charge is 0.478 e. The summed E-state index contributed by atoms with van der Waals surface area (Å²) in [6.07, 6.45) is 7.05. The fourth-order valence-electron chi connectivity index (χ4n) is 7.13. The number of carbonyl (C=O) groups is 3. The van der Waals surface area contributed by atoms with Gasteiger partial charge in [-0.2, -0.15) is 0 Å². The molecule has 2 aromatic rings. The Kier molecular flexibility index (Phi) is 11.4. The molecule has 1 aromatic heterocycles. The van der Waals surface area contributed by atoms with Crippen LogP contribution in [0.15, 0.2) is 52.3 Å². The number of amides is 1. The number of hydrogen-bond acceptors (Lipinski definition) is 8. The third-order valence-corrected chi connectivity index (χ3v) is 10.9. The molecular formula is C33H41Cl2N5O5S. The normalized spacial score (nSPS) is 20.2. The summed E-state index contributed by atoms with van der Waals surface area (Å²) < 4.78 is 0. The maximum Gasteiger partial charge on any atom is 0.334 e. The molecule has 1 unspecified atom stereocenters. The van der Waals surface area contributed by atoms with Gasteiger partial charge in [-0.1, -0.05) is 49.0 Å². The van der Waals surface area contributed by atoms with Crippen molar-refractivity contribution in [2.45, 2.75) is 57.8 Å². The van der Waals surface area contributed by atoms with Gasteiger partial charge in [0.1, 0.15) is 0 Å². The maximum absolute atomic E-state index is 13.8. The molecule has 0 radical (unpaired) electrons. The summed E-state index contributed by atoms with van der Waals surface area (Å²) in [6, 6.07) is 4.72. The van der Waals surface area contributed by atoms with E-state index >= 15 is 0 Å². The highest BCUT2D eigenvalue weighted by atomic mass is 35.5. The van der Waals surface area contributed by atoms with Gasteiger partial charge < -0.3 is 25.7 Å². The number of thiazole rings is 1. The molecule has 13 heteroatoms. The van der Waals surface area contributed by atoms with Crippen LogP contribution in [-0.2, 0) is 20.8 Å². The maximum atomic E-state index is 13.8. The van der Waals surface area contributed by atoms with E-state index in [0.717, 1.165) is 37.7 Å². The third-order valence-electron chi connectivity index (χ3n) is 9.38. The molecule has 4 N–H and O–H groups in total. The molecule has 1 amide bonds. The second-order valence-electron chi connectivity index (χ2n) is 12.3. The fourth-order valence-corrected chi connectivity index (χ4v) is 8.37. The zero-order valence-electron chi connectivity index (χ0n) is 26.0. The number of carboxylic acids is 2. The van der Waals surface area contributed by atoms with Crippen LogP contribution in [-0.4, -0.2) is 88.7 Å². The average molecular weight is 691 g/mol. The monoisotopic (exact) mass is 689 g/mol. The molecular weight excluding hydrogens is 649 g/mol. The van der Waals surface area contributed by atoms with Gasteiger partial charge >= 0.3 is 11.9 Å². The minimum Gasteiger partial charge on any atom is -0.478 e. The Bertz CT molecular complexity index is 1480. The van der Waals surface area contributed by atoms with E-state index in [1.807, 2.05) is 5.38 Å². The first-order valence-electron chi connectivity index (χ1n) is 15.8. The Morgan fingerprint density at radius 2 is 1.67 bits per heavy atom. The van der Waals surface area contributed by atoms with E-state index < -0.39 is 17.9 Å². The summed E-state index contributed by atoms with van der Waals surface area (Å²) in [7, 11) is 0. The smallest absolute Gasteiger partial charge is 0.334 e. The number of nitrogens with one attached hydrogen (secondary N) is 2. The lowest BCUT2D eigenvalue weighted by Crippen LogP contribution is -2.52. The van der Waals surface area contributed by atoms with Gasteiger partial charge in [0.05, 0.1) is 28.5 Å². The second kappa shape index (κ2) is 15.3. The molecule has 248 valence electrons. The number of allylic oxidation sites excluding steroid dienone is 1. The molecule has 10 nitrogen and oxygen atoms in total. The lowest BCUT2D eigenvalue weighted by Gasteiger charge is -2.41. The summed E-state index contributed by atoms with van der Waals surface area (Å²) in [6.45, 7) is 7.67. The van der Waals surface area contributed by atoms with Gasteiger partial charge in [0.25, 0.3) is 0 Å². The van der Waals surface area contributed by atoms with Gasteiger partial charge in [0, 0.05) is 84.3 Å². The lowest BCUT2D eigenvalue weighted by molar-refractivity contribution is -0.133. The zero-order chi connectivity index (χ0) is 32.8. The molecule has 2 fully saturated rings. The SMILES string of the molecule is CCNCC1(CN2CCN(C(=O)CC3=C(C(=O)O)C(c4c(Cl)cccc4Cl)C(C(=O)O)=C(CCc4nccs4)N3)CC2)CCCC1. The lowest BCUT2D eigenvalue weighted by atomic mass is 9.79. The van der Waals surface area contributed by atoms with Crippen molar-refractivity contribution < 1.29 is 24.6 Å². The molecule has 2 aliphatic heterocycles. The van der Waals surface area contributed by atoms with E-state index in [2.05, 4.69) is 27.4 Å². The summed E-state index contributed by atoms with van der Waals surface area (Å²) >= 11 is 14.6. The molecule has 0 spiro atoms. The predicted molar refractivity (Wildman–Crippen MR) is 179 cm³/mol. The van der Waals surface area contributed by atoms with Crippen molar-refractivity contribution >= 4 is 52.4 Å². The van der Waals surface area contributed by atoms with E-state index in [9.17, 15) is 24.6 Å². The van der Waals surface area contributed by atoms with Gasteiger partial charge in [-0.15, -0.1) is 11.3 Å². The topological polar surface area (TPSA) is 135 Å². The predicted octanol–water partition coefficient (Wildman–Crippen LogP) is 5.15. The number of halogens is 2. The molecule has 1 atom stereocenters. The van der Waals surface area contributed by atoms with Gasteiger partial charge in [-0.3, -0.25) is 9.69 Å². The van der Waals surface area contributed by atoms with E-state index in [1.54, 1.807) is 29.3 Å². The van der Waals surface area contributed by atoms with Crippen LogP contribution >= 0.6 is 34.5 Å². The Morgan fingerprint density at radius 3 is 2.26 bits per heavy atom. The minimum atomic E-state index is -1.35. The van der Waals surface area contributed by atoms with Crippen LogP contribution in [0.5, 0.6) is 0 Å². The highest BCUT2D eigenvalue weighted by molar-refractivity contribution is 7.09. The van der Waals surface area contributed by atoms with Crippen molar-refractivity contribution in [3.05, 3.63) is 72.9 Å². The number of hydrogen-bond donors (Lipinski definition) is 4. The first kappa shape index (κ1) is 34.4. The van der Waals surface area contributed by atoms with Crippen LogP contribution in [0.2, 0.25) is 10.0 Å². The molecule has 3 heterocycles. The van der Waals surface area contributed by atoms with E-state index in [-0.39, 0.29) is 56.6 Å². The van der Waals surface area contributed by atoms with E-state index in [1.165, 1.54) is 37.0 Å². The number of aromatic nitrogens is 1. The van der Waals surface area contributed by atoms with Gasteiger partial charge in [0.2, 0.25) is 5.91 Å². The summed E-state index contributed by atoms with van der Waals surface area (Å²) in [5, 5.41) is 30.5. The Labute approximate surface area is 283 Å². The van der Waals surface area contributed by atoms with Crippen molar-refractivity contribution in [2.75, 3.05) is 45.8 Å². The summed E-state index contributed by atoms with van der Waals surface area (Å²) in [4.78, 5) is 48.0. The second-order valence-corrected chi connectivity index (χ2v) is 14.1. The number of rotatable bonds is 13. The standard InChI is InChI=1S/C33H41Cl2N5O5S/c1-2-36-19-33(10-3-4-11-33)20-39-13-15-40(16-14-39)26(41)18-24-29(32(44)45)30(27-21(34)6-5-7-22(27)35)28(31(42)43)23(38-24)8-9-25-37-12-17-46-25/h5-7,12,17,30,36,38H,2-4,8-11,13-16,18-20H2,1H3,(H,42,43)(H,44,45). The molecule has 1 saturated heterocycles. The van der Waals surface area contributed by atoms with Crippen molar-refractivity contribution in [2.24, 2.45) is 5.41 Å². The van der Waals surface area contributed by atoms with E-state index in [4.69, 9.17) is 23.2 Å². The first-order chi connectivity index (χ1) is 22.1. The van der Waals surface area contributed by atoms with Crippen LogP contribution in [0.25, 0.3) is 0 Å². The average Bonchev–Trinajstić information content (AvgIpc) is 3.72. The third kappa shape index (κ3) is 7.77. The minimum absolute atomic E-state index is 0.146. The number of aryl methyl sites for hydroxylation is 1. The molecule has 5 rings (SSSR count).